The Morgan fingerprint density at radius 2 is 1.92 bits per heavy atom. The van der Waals surface area contributed by atoms with Crippen molar-refractivity contribution in [3.63, 3.8) is 0 Å². The van der Waals surface area contributed by atoms with Crippen molar-refractivity contribution in [3.8, 4) is 0 Å². The van der Waals surface area contributed by atoms with E-state index >= 15 is 0 Å². The lowest BCUT2D eigenvalue weighted by Gasteiger charge is -2.44. The molecule has 2 aliphatic rings. The summed E-state index contributed by atoms with van der Waals surface area (Å²) in [5.41, 5.74) is 0. The minimum atomic E-state index is -0.0472. The highest BCUT2D eigenvalue weighted by Crippen LogP contribution is 2.34. The standard InChI is InChI=1S/C10H19NO/c1-11-7-3-5-8-4-2-6-9(12)10(8)11/h8-10,12H,2-7H2,1H3/t8-,9?,10?/m1/s1. The largest absolute Gasteiger partial charge is 0.391 e. The lowest BCUT2D eigenvalue weighted by atomic mass is 9.77. The quantitative estimate of drug-likeness (QED) is 0.590. The molecule has 1 aliphatic carbocycles. The highest BCUT2D eigenvalue weighted by Gasteiger charge is 2.36. The van der Waals surface area contributed by atoms with Crippen molar-refractivity contribution in [1.29, 1.82) is 0 Å². The molecular weight excluding hydrogens is 150 g/mol. The van der Waals surface area contributed by atoms with Crippen LogP contribution in [0.4, 0.5) is 0 Å². The van der Waals surface area contributed by atoms with Crippen molar-refractivity contribution in [3.05, 3.63) is 0 Å². The van der Waals surface area contributed by atoms with Gasteiger partial charge in [-0.1, -0.05) is 6.42 Å². The SMILES string of the molecule is CN1CCC[C@H]2CCCC(O)C21. The summed E-state index contributed by atoms with van der Waals surface area (Å²) in [6.45, 7) is 1.18. The Morgan fingerprint density at radius 3 is 2.67 bits per heavy atom. The van der Waals surface area contributed by atoms with Gasteiger partial charge in [0.1, 0.15) is 0 Å². The van der Waals surface area contributed by atoms with Crippen LogP contribution in [0.15, 0.2) is 0 Å². The number of likely N-dealkylation sites (tertiary alicyclic amines) is 1. The molecule has 0 radical (unpaired) electrons. The van der Waals surface area contributed by atoms with Crippen LogP contribution in [0.25, 0.3) is 0 Å². The Bertz CT molecular complexity index is 144. The highest BCUT2D eigenvalue weighted by atomic mass is 16.3. The Labute approximate surface area is 74.6 Å². The van der Waals surface area contributed by atoms with Gasteiger partial charge in [-0.3, -0.25) is 0 Å². The zero-order valence-electron chi connectivity index (χ0n) is 7.87. The summed E-state index contributed by atoms with van der Waals surface area (Å²) in [5, 5.41) is 9.83. The number of fused-ring (bicyclic) bond motifs is 1. The van der Waals surface area contributed by atoms with E-state index < -0.39 is 0 Å². The van der Waals surface area contributed by atoms with Crippen LogP contribution >= 0.6 is 0 Å². The van der Waals surface area contributed by atoms with E-state index in [1.54, 1.807) is 0 Å². The van der Waals surface area contributed by atoms with Crippen LogP contribution in [0.3, 0.4) is 0 Å². The molecule has 1 aliphatic heterocycles. The number of aliphatic hydroxyl groups excluding tert-OH is 1. The van der Waals surface area contributed by atoms with Gasteiger partial charge in [0, 0.05) is 6.04 Å². The molecule has 2 fully saturated rings. The molecule has 1 N–H and O–H groups in total. The number of rotatable bonds is 0. The first kappa shape index (κ1) is 8.52. The average Bonchev–Trinajstić information content (AvgIpc) is 2.04. The van der Waals surface area contributed by atoms with E-state index in [9.17, 15) is 5.11 Å². The predicted octanol–water partition coefficient (Wildman–Crippen LogP) is 1.24. The van der Waals surface area contributed by atoms with Crippen molar-refractivity contribution < 1.29 is 5.11 Å². The Morgan fingerprint density at radius 1 is 1.17 bits per heavy atom. The number of likely N-dealkylation sites (N-methyl/N-ethyl adjacent to an activating group) is 1. The molecule has 1 saturated carbocycles. The molecule has 0 aromatic heterocycles. The zero-order chi connectivity index (χ0) is 8.55. The van der Waals surface area contributed by atoms with Crippen LogP contribution in [-0.4, -0.2) is 35.7 Å². The summed E-state index contributed by atoms with van der Waals surface area (Å²) in [7, 11) is 2.16. The van der Waals surface area contributed by atoms with Gasteiger partial charge in [0.2, 0.25) is 0 Å². The first-order valence-corrected chi connectivity index (χ1v) is 5.17. The Kier molecular flexibility index (Phi) is 2.37. The van der Waals surface area contributed by atoms with E-state index in [2.05, 4.69) is 11.9 Å². The molecule has 12 heavy (non-hydrogen) atoms. The average molecular weight is 169 g/mol. The minimum Gasteiger partial charge on any atom is -0.391 e. The number of nitrogens with zero attached hydrogens (tertiary/aromatic N) is 1. The second-order valence-corrected chi connectivity index (χ2v) is 4.37. The number of hydrogen-bond donors (Lipinski definition) is 1. The lowest BCUT2D eigenvalue weighted by Crippen LogP contribution is -2.51. The first-order valence-electron chi connectivity index (χ1n) is 5.17. The smallest absolute Gasteiger partial charge is 0.0698 e. The van der Waals surface area contributed by atoms with Crippen LogP contribution in [-0.2, 0) is 0 Å². The summed E-state index contributed by atoms with van der Waals surface area (Å²) in [4.78, 5) is 2.36. The molecule has 70 valence electrons. The molecule has 0 amide bonds. The van der Waals surface area contributed by atoms with Crippen LogP contribution in [0.1, 0.15) is 32.1 Å². The van der Waals surface area contributed by atoms with Gasteiger partial charge in [0.15, 0.2) is 0 Å². The Hall–Kier alpha value is -0.0800. The van der Waals surface area contributed by atoms with Gasteiger partial charge >= 0.3 is 0 Å². The van der Waals surface area contributed by atoms with Crippen LogP contribution in [0.5, 0.6) is 0 Å². The second-order valence-electron chi connectivity index (χ2n) is 4.37. The van der Waals surface area contributed by atoms with E-state index in [1.807, 2.05) is 0 Å². The molecule has 0 aromatic rings. The third-order valence-electron chi connectivity index (χ3n) is 3.55. The van der Waals surface area contributed by atoms with Crippen molar-refractivity contribution >= 4 is 0 Å². The zero-order valence-corrected chi connectivity index (χ0v) is 7.87. The van der Waals surface area contributed by atoms with E-state index in [1.165, 1.54) is 32.2 Å². The van der Waals surface area contributed by atoms with Crippen LogP contribution < -0.4 is 0 Å². The van der Waals surface area contributed by atoms with E-state index in [0.717, 1.165) is 12.3 Å². The van der Waals surface area contributed by atoms with Gasteiger partial charge in [-0.25, -0.2) is 0 Å². The molecule has 0 aromatic carbocycles. The molecular formula is C10H19NO. The predicted molar refractivity (Wildman–Crippen MR) is 49.0 cm³/mol. The van der Waals surface area contributed by atoms with E-state index in [0.29, 0.717) is 6.04 Å². The number of hydrogen-bond acceptors (Lipinski definition) is 2. The fourth-order valence-electron chi connectivity index (χ4n) is 2.97. The molecule has 1 heterocycles. The highest BCUT2D eigenvalue weighted by molar-refractivity contribution is 4.91. The van der Waals surface area contributed by atoms with Crippen molar-refractivity contribution in [2.45, 2.75) is 44.2 Å². The minimum absolute atomic E-state index is 0.0472. The summed E-state index contributed by atoms with van der Waals surface area (Å²) in [5.74, 6) is 0.785. The lowest BCUT2D eigenvalue weighted by molar-refractivity contribution is -0.0240. The van der Waals surface area contributed by atoms with E-state index in [-0.39, 0.29) is 6.10 Å². The maximum Gasteiger partial charge on any atom is 0.0698 e. The van der Waals surface area contributed by atoms with Gasteiger partial charge < -0.3 is 10.0 Å². The molecule has 1 saturated heterocycles. The third kappa shape index (κ3) is 1.38. The molecule has 2 heteroatoms. The normalized spacial score (nSPS) is 44.0. The van der Waals surface area contributed by atoms with Gasteiger partial charge in [-0.2, -0.15) is 0 Å². The maximum atomic E-state index is 9.83. The monoisotopic (exact) mass is 169 g/mol. The summed E-state index contributed by atoms with van der Waals surface area (Å²) >= 11 is 0. The fourth-order valence-corrected chi connectivity index (χ4v) is 2.97. The molecule has 3 atom stereocenters. The van der Waals surface area contributed by atoms with E-state index in [4.69, 9.17) is 0 Å². The second kappa shape index (κ2) is 3.35. The molecule has 2 nitrogen and oxygen atoms in total. The van der Waals surface area contributed by atoms with Crippen molar-refractivity contribution in [1.82, 2.24) is 4.90 Å². The van der Waals surface area contributed by atoms with Gasteiger partial charge in [-0.15, -0.1) is 0 Å². The Balaban J connectivity index is 2.07. The van der Waals surface area contributed by atoms with Gasteiger partial charge in [0.05, 0.1) is 6.10 Å². The van der Waals surface area contributed by atoms with Gasteiger partial charge in [0.25, 0.3) is 0 Å². The van der Waals surface area contributed by atoms with Crippen molar-refractivity contribution in [2.75, 3.05) is 13.6 Å². The topological polar surface area (TPSA) is 23.5 Å². The number of piperidine rings is 1. The van der Waals surface area contributed by atoms with Gasteiger partial charge in [-0.05, 0) is 45.2 Å². The first-order chi connectivity index (χ1) is 5.79. The summed E-state index contributed by atoms with van der Waals surface area (Å²) in [6.07, 6.45) is 6.21. The van der Waals surface area contributed by atoms with Crippen LogP contribution in [0.2, 0.25) is 0 Å². The third-order valence-corrected chi connectivity index (χ3v) is 3.55. The molecule has 2 rings (SSSR count). The summed E-state index contributed by atoms with van der Waals surface area (Å²) in [6, 6.07) is 0.479. The molecule has 0 spiro atoms. The summed E-state index contributed by atoms with van der Waals surface area (Å²) < 4.78 is 0. The van der Waals surface area contributed by atoms with Crippen molar-refractivity contribution in [2.24, 2.45) is 5.92 Å². The molecule has 2 unspecified atom stereocenters. The van der Waals surface area contributed by atoms with Crippen LogP contribution in [0, 0.1) is 5.92 Å². The number of aliphatic hydroxyl groups is 1. The maximum absolute atomic E-state index is 9.83. The fraction of sp³-hybridized carbons (Fsp3) is 1.00. The molecule has 0 bridgehead atoms.